The Balaban J connectivity index is 2.16. The van der Waals surface area contributed by atoms with Gasteiger partial charge in [-0.3, -0.25) is 10.1 Å². The lowest BCUT2D eigenvalue weighted by Crippen LogP contribution is -2.21. The lowest BCUT2D eigenvalue weighted by molar-refractivity contribution is -0.384. The van der Waals surface area contributed by atoms with Crippen molar-refractivity contribution in [3.63, 3.8) is 0 Å². The molecule has 2 aromatic rings. The van der Waals surface area contributed by atoms with E-state index in [1.165, 1.54) is 0 Å². The van der Waals surface area contributed by atoms with Crippen LogP contribution in [0.2, 0.25) is 0 Å². The van der Waals surface area contributed by atoms with Crippen molar-refractivity contribution < 1.29 is 28.0 Å². The van der Waals surface area contributed by atoms with Gasteiger partial charge in [0.1, 0.15) is 17.3 Å². The summed E-state index contributed by atoms with van der Waals surface area (Å²) in [5, 5.41) is 23.9. The van der Waals surface area contributed by atoms with E-state index in [0.29, 0.717) is 12.1 Å². The Kier molecular flexibility index (Phi) is 4.35. The molecule has 7 nitrogen and oxygen atoms in total. The maximum absolute atomic E-state index is 13.4. The number of nitro benzene ring substituents is 1. The molecule has 2 amide bonds. The number of urea groups is 1. The fourth-order valence-corrected chi connectivity index (χ4v) is 1.67. The van der Waals surface area contributed by atoms with Gasteiger partial charge in [-0.1, -0.05) is 0 Å². The molecule has 0 atom stereocenters. The third kappa shape index (κ3) is 3.67. The van der Waals surface area contributed by atoms with Gasteiger partial charge in [-0.15, -0.1) is 0 Å². The number of non-ortho nitro benzene ring substituents is 1. The van der Waals surface area contributed by atoms with Crippen molar-refractivity contribution >= 4 is 23.1 Å². The zero-order chi connectivity index (χ0) is 17.1. The lowest BCUT2D eigenvalue weighted by Gasteiger charge is -2.10. The van der Waals surface area contributed by atoms with Crippen LogP contribution in [0, 0.1) is 27.6 Å². The molecule has 0 spiro atoms. The van der Waals surface area contributed by atoms with Crippen LogP contribution in [0.15, 0.2) is 30.3 Å². The molecule has 0 aliphatic carbocycles. The number of nitrogens with one attached hydrogen (secondary N) is 2. The number of carbonyl (C=O) groups is 1. The van der Waals surface area contributed by atoms with E-state index in [1.807, 2.05) is 10.6 Å². The van der Waals surface area contributed by atoms with Crippen molar-refractivity contribution in [1.82, 2.24) is 0 Å². The van der Waals surface area contributed by atoms with Gasteiger partial charge in [0.15, 0.2) is 11.6 Å². The number of hydrogen-bond donors (Lipinski definition) is 3. The highest BCUT2D eigenvalue weighted by molar-refractivity contribution is 6.00. The number of phenols is 1. The van der Waals surface area contributed by atoms with Crippen molar-refractivity contribution in [2.75, 3.05) is 10.6 Å². The number of nitrogens with zero attached hydrogens (tertiary/aromatic N) is 1. The van der Waals surface area contributed by atoms with Crippen LogP contribution in [-0.2, 0) is 0 Å². The maximum Gasteiger partial charge on any atom is 0.323 e. The first-order chi connectivity index (χ1) is 10.8. The van der Waals surface area contributed by atoms with Crippen molar-refractivity contribution in [3.8, 4) is 5.75 Å². The standard InChI is InChI=1S/C13H8F3N3O4/c14-6-3-8(15)12(9(16)4-6)18-13(21)17-10-2-1-7(19(22)23)5-11(10)20/h1-5,20H,(H2,17,18,21). The summed E-state index contributed by atoms with van der Waals surface area (Å²) >= 11 is 0. The zero-order valence-corrected chi connectivity index (χ0v) is 11.1. The Morgan fingerprint density at radius 3 is 2.22 bits per heavy atom. The second-order valence-electron chi connectivity index (χ2n) is 4.28. The molecule has 0 aliphatic heterocycles. The lowest BCUT2D eigenvalue weighted by atomic mass is 10.2. The molecular weight excluding hydrogens is 319 g/mol. The predicted octanol–water partition coefficient (Wildman–Crippen LogP) is 3.36. The number of halogens is 3. The van der Waals surface area contributed by atoms with Gasteiger partial charge in [-0.25, -0.2) is 18.0 Å². The molecule has 0 heterocycles. The Morgan fingerprint density at radius 2 is 1.70 bits per heavy atom. The van der Waals surface area contributed by atoms with E-state index in [9.17, 15) is 33.2 Å². The molecule has 0 saturated heterocycles. The van der Waals surface area contributed by atoms with E-state index in [0.717, 1.165) is 18.2 Å². The first-order valence-corrected chi connectivity index (χ1v) is 5.98. The van der Waals surface area contributed by atoms with Crippen LogP contribution in [-0.4, -0.2) is 16.1 Å². The van der Waals surface area contributed by atoms with Gasteiger partial charge in [0.25, 0.3) is 5.69 Å². The molecule has 0 aliphatic rings. The Hall–Kier alpha value is -3.30. The average Bonchev–Trinajstić information content (AvgIpc) is 2.44. The van der Waals surface area contributed by atoms with Gasteiger partial charge in [0.2, 0.25) is 0 Å². The number of amides is 2. The van der Waals surface area contributed by atoms with Gasteiger partial charge in [0, 0.05) is 18.2 Å². The Labute approximate surface area is 126 Å². The summed E-state index contributed by atoms with van der Waals surface area (Å²) in [5.41, 5.74) is -1.52. The average molecular weight is 327 g/mol. The summed E-state index contributed by atoms with van der Waals surface area (Å²) in [7, 11) is 0. The maximum atomic E-state index is 13.4. The third-order valence-electron chi connectivity index (χ3n) is 2.69. The van der Waals surface area contributed by atoms with Crippen molar-refractivity contribution in [3.05, 3.63) is 57.9 Å². The van der Waals surface area contributed by atoms with Crippen molar-refractivity contribution in [2.45, 2.75) is 0 Å². The first kappa shape index (κ1) is 16.1. The number of anilines is 2. The van der Waals surface area contributed by atoms with Crippen LogP contribution in [0.25, 0.3) is 0 Å². The molecule has 0 unspecified atom stereocenters. The van der Waals surface area contributed by atoms with E-state index < -0.39 is 45.5 Å². The molecule has 0 bridgehead atoms. The van der Waals surface area contributed by atoms with Crippen molar-refractivity contribution in [1.29, 1.82) is 0 Å². The van der Waals surface area contributed by atoms with Crippen molar-refractivity contribution in [2.24, 2.45) is 0 Å². The van der Waals surface area contributed by atoms with Crippen LogP contribution < -0.4 is 10.6 Å². The molecule has 3 N–H and O–H groups in total. The molecule has 0 saturated carbocycles. The number of benzene rings is 2. The molecule has 120 valence electrons. The van der Waals surface area contributed by atoms with E-state index in [2.05, 4.69) is 0 Å². The van der Waals surface area contributed by atoms with Gasteiger partial charge >= 0.3 is 6.03 Å². The van der Waals surface area contributed by atoms with Crippen LogP contribution in [0.3, 0.4) is 0 Å². The van der Waals surface area contributed by atoms with E-state index in [4.69, 9.17) is 0 Å². The van der Waals surface area contributed by atoms with E-state index >= 15 is 0 Å². The van der Waals surface area contributed by atoms with Crippen LogP contribution in [0.4, 0.5) is 35.0 Å². The molecule has 10 heteroatoms. The third-order valence-corrected chi connectivity index (χ3v) is 2.69. The number of rotatable bonds is 3. The number of hydrogen-bond acceptors (Lipinski definition) is 4. The highest BCUT2D eigenvalue weighted by Gasteiger charge is 2.16. The SMILES string of the molecule is O=C(Nc1ccc([N+](=O)[O-])cc1O)Nc1c(F)cc(F)cc1F. The number of phenolic OH excluding ortho intramolecular Hbond substituents is 1. The van der Waals surface area contributed by atoms with Crippen LogP contribution >= 0.6 is 0 Å². The van der Waals surface area contributed by atoms with Gasteiger partial charge in [-0.05, 0) is 6.07 Å². The molecule has 23 heavy (non-hydrogen) atoms. The minimum absolute atomic E-state index is 0.226. The molecular formula is C13H8F3N3O4. The first-order valence-electron chi connectivity index (χ1n) is 5.98. The summed E-state index contributed by atoms with van der Waals surface area (Å²) in [5.74, 6) is -4.43. The fraction of sp³-hybridized carbons (Fsp3) is 0. The smallest absolute Gasteiger partial charge is 0.323 e. The van der Waals surface area contributed by atoms with Crippen LogP contribution in [0.5, 0.6) is 5.75 Å². The minimum atomic E-state index is -1.33. The number of carbonyl (C=O) groups excluding carboxylic acids is 1. The van der Waals surface area contributed by atoms with Gasteiger partial charge < -0.3 is 15.7 Å². The topological polar surface area (TPSA) is 104 Å². The van der Waals surface area contributed by atoms with Gasteiger partial charge in [0.05, 0.1) is 16.7 Å². The predicted molar refractivity (Wildman–Crippen MR) is 73.7 cm³/mol. The molecule has 2 aromatic carbocycles. The second-order valence-corrected chi connectivity index (χ2v) is 4.28. The molecule has 0 aromatic heterocycles. The number of nitro groups is 1. The highest BCUT2D eigenvalue weighted by Crippen LogP contribution is 2.28. The van der Waals surface area contributed by atoms with E-state index in [-0.39, 0.29) is 5.69 Å². The molecule has 0 radical (unpaired) electrons. The summed E-state index contributed by atoms with van der Waals surface area (Å²) in [4.78, 5) is 21.4. The van der Waals surface area contributed by atoms with Crippen LogP contribution in [0.1, 0.15) is 0 Å². The minimum Gasteiger partial charge on any atom is -0.506 e. The summed E-state index contributed by atoms with van der Waals surface area (Å²) in [6.45, 7) is 0. The Morgan fingerprint density at radius 1 is 1.09 bits per heavy atom. The highest BCUT2D eigenvalue weighted by atomic mass is 19.1. The largest absolute Gasteiger partial charge is 0.506 e. The van der Waals surface area contributed by atoms with E-state index in [1.54, 1.807) is 0 Å². The summed E-state index contributed by atoms with van der Waals surface area (Å²) in [6.07, 6.45) is 0. The quantitative estimate of drug-likeness (QED) is 0.457. The molecule has 2 rings (SSSR count). The fourth-order valence-electron chi connectivity index (χ4n) is 1.67. The Bertz CT molecular complexity index is 775. The monoisotopic (exact) mass is 327 g/mol. The zero-order valence-electron chi connectivity index (χ0n) is 11.1. The molecule has 0 fully saturated rings. The number of aromatic hydroxyl groups is 1. The van der Waals surface area contributed by atoms with Gasteiger partial charge in [-0.2, -0.15) is 0 Å². The summed E-state index contributed by atoms with van der Waals surface area (Å²) < 4.78 is 39.5. The second kappa shape index (κ2) is 6.22. The normalized spacial score (nSPS) is 10.2. The summed E-state index contributed by atoms with van der Waals surface area (Å²) in [6, 6.07) is 2.44.